The number of nitrogens with zero attached hydrogens (tertiary/aromatic N) is 3. The molecule has 10 heteroatoms. The van der Waals surface area contributed by atoms with Crippen LogP contribution < -0.4 is 23.7 Å². The fraction of sp³-hybridized carbons (Fsp3) is 0.409. The molecule has 10 nitrogen and oxygen atoms in total. The average Bonchev–Trinajstić information content (AvgIpc) is 3.43. The molecule has 1 fully saturated rings. The normalized spacial score (nSPS) is 24.7. The largest absolute Gasteiger partial charge is 0.493 e. The Labute approximate surface area is 183 Å². The lowest BCUT2D eigenvalue weighted by Gasteiger charge is -2.37. The second-order valence-corrected chi connectivity index (χ2v) is 7.74. The fourth-order valence-corrected chi connectivity index (χ4v) is 5.02. The van der Waals surface area contributed by atoms with Crippen molar-refractivity contribution in [2.45, 2.75) is 12.0 Å². The highest BCUT2D eigenvalue weighted by molar-refractivity contribution is 5.79. The molecule has 0 spiro atoms. The van der Waals surface area contributed by atoms with Crippen molar-refractivity contribution in [2.24, 2.45) is 17.0 Å². The predicted octanol–water partition coefficient (Wildman–Crippen LogP) is 3.73. The van der Waals surface area contributed by atoms with Crippen molar-refractivity contribution in [3.05, 3.63) is 51.4 Å². The minimum atomic E-state index is -0.570. The lowest BCUT2D eigenvalue weighted by molar-refractivity contribution is -0.141. The number of hydrogen-bond acceptors (Lipinski definition) is 8. The van der Waals surface area contributed by atoms with Crippen LogP contribution >= 0.6 is 0 Å². The van der Waals surface area contributed by atoms with E-state index in [9.17, 15) is 10.3 Å². The highest BCUT2D eigenvalue weighted by Gasteiger charge is 2.52. The second kappa shape index (κ2) is 7.72. The van der Waals surface area contributed by atoms with Crippen LogP contribution in [0.3, 0.4) is 0 Å². The topological polar surface area (TPSA) is 121 Å². The van der Waals surface area contributed by atoms with E-state index in [0.717, 1.165) is 16.7 Å². The van der Waals surface area contributed by atoms with E-state index in [1.807, 2.05) is 24.3 Å². The minimum absolute atomic E-state index is 0.105. The quantitative estimate of drug-likeness (QED) is 0.301. The van der Waals surface area contributed by atoms with E-state index < -0.39 is 17.9 Å². The first-order valence-corrected chi connectivity index (χ1v) is 10.1. The highest BCUT2D eigenvalue weighted by atomic mass is 16.7. The zero-order valence-electron chi connectivity index (χ0n) is 17.7. The number of carbonyl (C=O) groups is 1. The molecule has 5 rings (SSSR count). The van der Waals surface area contributed by atoms with Gasteiger partial charge in [0, 0.05) is 16.7 Å². The number of ether oxygens (including phenoxy) is 6. The molecule has 0 radical (unpaired) electrons. The van der Waals surface area contributed by atoms with Gasteiger partial charge in [-0.3, -0.25) is 4.79 Å². The van der Waals surface area contributed by atoms with Crippen LogP contribution in [-0.4, -0.2) is 40.7 Å². The second-order valence-electron chi connectivity index (χ2n) is 7.74. The molecule has 2 aromatic carbocycles. The predicted molar refractivity (Wildman–Crippen MR) is 110 cm³/mol. The van der Waals surface area contributed by atoms with E-state index in [-0.39, 0.29) is 25.3 Å². The van der Waals surface area contributed by atoms with E-state index >= 15 is 0 Å². The van der Waals surface area contributed by atoms with Crippen molar-refractivity contribution in [2.75, 3.05) is 34.7 Å². The number of esters is 1. The van der Waals surface area contributed by atoms with E-state index in [1.165, 1.54) is 21.3 Å². The maximum atomic E-state index is 12.9. The molecular formula is C22H21N3O7. The van der Waals surface area contributed by atoms with Crippen LogP contribution in [0.2, 0.25) is 0 Å². The number of azide groups is 1. The summed E-state index contributed by atoms with van der Waals surface area (Å²) in [6.07, 6.45) is 0. The van der Waals surface area contributed by atoms with Gasteiger partial charge < -0.3 is 28.4 Å². The van der Waals surface area contributed by atoms with E-state index in [4.69, 9.17) is 28.4 Å². The fourth-order valence-electron chi connectivity index (χ4n) is 5.02. The molecule has 4 atom stereocenters. The third kappa shape index (κ3) is 2.87. The molecule has 0 aromatic heterocycles. The van der Waals surface area contributed by atoms with Crippen LogP contribution in [0.15, 0.2) is 29.4 Å². The molecule has 2 aliphatic heterocycles. The van der Waals surface area contributed by atoms with Crippen molar-refractivity contribution >= 4 is 5.97 Å². The third-order valence-corrected chi connectivity index (χ3v) is 6.37. The molecule has 32 heavy (non-hydrogen) atoms. The number of hydrogen-bond donors (Lipinski definition) is 0. The van der Waals surface area contributed by atoms with Crippen LogP contribution in [-0.2, 0) is 9.53 Å². The Bertz CT molecular complexity index is 1120. The molecule has 0 saturated carbocycles. The van der Waals surface area contributed by atoms with Gasteiger partial charge in [-0.25, -0.2) is 0 Å². The van der Waals surface area contributed by atoms with Crippen LogP contribution in [0.5, 0.6) is 28.7 Å². The molecule has 2 heterocycles. The summed E-state index contributed by atoms with van der Waals surface area (Å²) < 4.78 is 33.1. The lowest BCUT2D eigenvalue weighted by Crippen LogP contribution is -2.34. The van der Waals surface area contributed by atoms with Gasteiger partial charge in [-0.15, -0.1) is 0 Å². The Morgan fingerprint density at radius 3 is 2.22 bits per heavy atom. The number of carbonyl (C=O) groups excluding carboxylic acids is 1. The monoisotopic (exact) mass is 439 g/mol. The van der Waals surface area contributed by atoms with Gasteiger partial charge >= 0.3 is 5.97 Å². The Morgan fingerprint density at radius 2 is 1.62 bits per heavy atom. The summed E-state index contributed by atoms with van der Waals surface area (Å²) in [4.78, 5) is 16.0. The summed E-state index contributed by atoms with van der Waals surface area (Å²) in [5.74, 6) is 0.941. The Hall–Kier alpha value is -3.78. The van der Waals surface area contributed by atoms with Crippen molar-refractivity contribution in [3.63, 3.8) is 0 Å². The molecule has 2 aromatic rings. The van der Waals surface area contributed by atoms with E-state index in [0.29, 0.717) is 28.7 Å². The molecule has 3 aliphatic rings. The maximum absolute atomic E-state index is 12.9. The first kappa shape index (κ1) is 20.1. The van der Waals surface area contributed by atoms with Crippen LogP contribution in [0, 0.1) is 11.8 Å². The summed E-state index contributed by atoms with van der Waals surface area (Å²) in [5.41, 5.74) is 11.6. The van der Waals surface area contributed by atoms with Gasteiger partial charge in [0.25, 0.3) is 0 Å². The lowest BCUT2D eigenvalue weighted by atomic mass is 9.65. The summed E-state index contributed by atoms with van der Waals surface area (Å²) in [7, 11) is 4.61. The number of methoxy groups -OCH3 is 3. The molecule has 0 bridgehead atoms. The van der Waals surface area contributed by atoms with Crippen molar-refractivity contribution in [1.29, 1.82) is 0 Å². The Kier molecular flexibility index (Phi) is 4.86. The van der Waals surface area contributed by atoms with Gasteiger partial charge in [-0.2, -0.15) is 0 Å². The van der Waals surface area contributed by atoms with Gasteiger partial charge in [0.2, 0.25) is 12.5 Å². The summed E-state index contributed by atoms with van der Waals surface area (Å²) >= 11 is 0. The van der Waals surface area contributed by atoms with Crippen LogP contribution in [0.25, 0.3) is 10.4 Å². The zero-order valence-corrected chi connectivity index (χ0v) is 17.7. The number of cyclic esters (lactones) is 1. The molecule has 166 valence electrons. The Balaban J connectivity index is 1.77. The maximum Gasteiger partial charge on any atom is 0.310 e. The van der Waals surface area contributed by atoms with Gasteiger partial charge in [-0.1, -0.05) is 5.11 Å². The average molecular weight is 439 g/mol. The number of fused-ring (bicyclic) bond motifs is 3. The summed E-state index contributed by atoms with van der Waals surface area (Å²) in [6, 6.07) is 6.78. The molecule has 1 saturated heterocycles. The highest BCUT2D eigenvalue weighted by Crippen LogP contribution is 2.56. The molecule has 0 amide bonds. The SMILES string of the molecule is COc1cc([C@H]2c3cc4c(cc3[C@H](N=[N+]=[N-])[C@@H]3COC(=O)[C@@H]23)OCO4)cc(OC)c1OC. The first-order chi connectivity index (χ1) is 15.6. The summed E-state index contributed by atoms with van der Waals surface area (Å²) in [5, 5.41) is 4.03. The van der Waals surface area contributed by atoms with Gasteiger partial charge in [0.1, 0.15) is 0 Å². The molecular weight excluding hydrogens is 418 g/mol. The minimum Gasteiger partial charge on any atom is -0.493 e. The van der Waals surface area contributed by atoms with Crippen molar-refractivity contribution < 1.29 is 33.2 Å². The first-order valence-electron chi connectivity index (χ1n) is 10.1. The van der Waals surface area contributed by atoms with E-state index in [2.05, 4.69) is 10.0 Å². The summed E-state index contributed by atoms with van der Waals surface area (Å²) in [6.45, 7) is 0.274. The van der Waals surface area contributed by atoms with Crippen molar-refractivity contribution in [1.82, 2.24) is 0 Å². The van der Waals surface area contributed by atoms with E-state index in [1.54, 1.807) is 0 Å². The number of rotatable bonds is 5. The number of benzene rings is 2. The molecule has 0 N–H and O–H groups in total. The smallest absolute Gasteiger partial charge is 0.310 e. The Morgan fingerprint density at radius 1 is 0.969 bits per heavy atom. The van der Waals surface area contributed by atoms with Gasteiger partial charge in [-0.05, 0) is 46.5 Å². The van der Waals surface area contributed by atoms with Gasteiger partial charge in [0.05, 0.1) is 39.9 Å². The molecule has 1 aliphatic carbocycles. The van der Waals surface area contributed by atoms with Gasteiger partial charge in [0.15, 0.2) is 23.0 Å². The third-order valence-electron chi connectivity index (χ3n) is 6.37. The zero-order chi connectivity index (χ0) is 22.4. The molecule has 0 unspecified atom stereocenters. The van der Waals surface area contributed by atoms with Crippen LogP contribution in [0.4, 0.5) is 0 Å². The standard InChI is InChI=1S/C22H21N3O7/c1-27-16-4-10(5-17(28-2)21(16)29-3)18-11-6-14-15(32-9-31-14)7-12(11)20(24-25-23)13-8-30-22(26)19(13)18/h4-7,13,18-20H,8-9H2,1-3H3/t13-,18+,19-,20+/m1/s1. The van der Waals surface area contributed by atoms with Crippen molar-refractivity contribution in [3.8, 4) is 28.7 Å². The van der Waals surface area contributed by atoms with Crippen LogP contribution in [0.1, 0.15) is 28.7 Å².